The van der Waals surface area contributed by atoms with Gasteiger partial charge in [0.25, 0.3) is 5.91 Å². The van der Waals surface area contributed by atoms with Gasteiger partial charge in [0.05, 0.1) is 0 Å². The van der Waals surface area contributed by atoms with E-state index in [0.29, 0.717) is 0 Å². The molecule has 17 heavy (non-hydrogen) atoms. The Labute approximate surface area is 94.4 Å². The van der Waals surface area contributed by atoms with E-state index in [0.717, 1.165) is 6.07 Å². The van der Waals surface area contributed by atoms with Crippen LogP contribution in [0, 0.1) is 5.82 Å². The fraction of sp³-hybridized carbons (Fsp3) is 0.300. The highest BCUT2D eigenvalue weighted by atomic mass is 19.4. The van der Waals surface area contributed by atoms with Crippen molar-refractivity contribution in [3.8, 4) is 5.75 Å². The molecule has 7 heteroatoms. The third-order valence-corrected chi connectivity index (χ3v) is 1.68. The summed E-state index contributed by atoms with van der Waals surface area (Å²) < 4.78 is 52.9. The Morgan fingerprint density at radius 3 is 2.53 bits per heavy atom. The van der Waals surface area contributed by atoms with Gasteiger partial charge in [-0.2, -0.15) is 13.2 Å². The fourth-order valence-electron chi connectivity index (χ4n) is 0.955. The van der Waals surface area contributed by atoms with E-state index in [1.807, 2.05) is 0 Å². The number of rotatable bonds is 4. The van der Waals surface area contributed by atoms with Crippen molar-refractivity contribution in [2.24, 2.45) is 0 Å². The molecule has 0 spiro atoms. The lowest BCUT2D eigenvalue weighted by atomic mass is 10.3. The summed E-state index contributed by atoms with van der Waals surface area (Å²) in [5.74, 6) is -1.84. The number of para-hydroxylation sites is 1. The monoisotopic (exact) mass is 251 g/mol. The molecular weight excluding hydrogens is 242 g/mol. The first-order chi connectivity index (χ1) is 7.88. The third-order valence-electron chi connectivity index (χ3n) is 1.68. The largest absolute Gasteiger partial charge is 0.481 e. The molecule has 0 fully saturated rings. The van der Waals surface area contributed by atoms with Crippen LogP contribution in [-0.2, 0) is 4.79 Å². The summed E-state index contributed by atoms with van der Waals surface area (Å²) in [5, 5.41) is 1.60. The lowest BCUT2D eigenvalue weighted by Crippen LogP contribution is -2.36. The van der Waals surface area contributed by atoms with E-state index in [1.165, 1.54) is 18.2 Å². The first-order valence-corrected chi connectivity index (χ1v) is 4.59. The van der Waals surface area contributed by atoms with E-state index in [2.05, 4.69) is 0 Å². The minimum absolute atomic E-state index is 0.186. The molecule has 0 bridgehead atoms. The van der Waals surface area contributed by atoms with Crippen molar-refractivity contribution < 1.29 is 27.1 Å². The van der Waals surface area contributed by atoms with Gasteiger partial charge in [0.15, 0.2) is 18.2 Å². The zero-order chi connectivity index (χ0) is 12.9. The first-order valence-electron chi connectivity index (χ1n) is 4.59. The van der Waals surface area contributed by atoms with E-state index >= 15 is 0 Å². The Morgan fingerprint density at radius 1 is 1.29 bits per heavy atom. The third kappa shape index (κ3) is 5.19. The smallest absolute Gasteiger partial charge is 0.405 e. The van der Waals surface area contributed by atoms with Gasteiger partial charge in [0.2, 0.25) is 0 Å². The Balaban J connectivity index is 2.36. The van der Waals surface area contributed by atoms with Gasteiger partial charge in [-0.05, 0) is 12.1 Å². The molecule has 0 atom stereocenters. The molecule has 0 saturated carbocycles. The second kappa shape index (κ2) is 5.51. The number of benzene rings is 1. The number of alkyl halides is 3. The van der Waals surface area contributed by atoms with E-state index in [4.69, 9.17) is 4.74 Å². The summed E-state index contributed by atoms with van der Waals surface area (Å²) in [4.78, 5) is 10.9. The lowest BCUT2D eigenvalue weighted by molar-refractivity contribution is -0.139. The molecule has 1 N–H and O–H groups in total. The number of carbonyl (C=O) groups excluding carboxylic acids is 1. The molecule has 3 nitrogen and oxygen atoms in total. The standard InChI is InChI=1S/C10H9F4NO2/c11-7-3-1-2-4-8(7)17-5-9(16)15-6-10(12,13)14/h1-4H,5-6H2,(H,15,16). The van der Waals surface area contributed by atoms with Gasteiger partial charge in [0, 0.05) is 0 Å². The van der Waals surface area contributed by atoms with Crippen LogP contribution in [0.15, 0.2) is 24.3 Å². The number of hydrogen-bond donors (Lipinski definition) is 1. The van der Waals surface area contributed by atoms with Crippen molar-refractivity contribution in [1.29, 1.82) is 0 Å². The summed E-state index contributed by atoms with van der Waals surface area (Å²) in [7, 11) is 0. The Kier molecular flexibility index (Phi) is 4.30. The van der Waals surface area contributed by atoms with E-state index in [-0.39, 0.29) is 5.75 Å². The highest BCUT2D eigenvalue weighted by Gasteiger charge is 2.27. The van der Waals surface area contributed by atoms with Gasteiger partial charge in [-0.1, -0.05) is 12.1 Å². The average Bonchev–Trinajstić information content (AvgIpc) is 2.24. The molecule has 0 aliphatic carbocycles. The van der Waals surface area contributed by atoms with Crippen molar-refractivity contribution in [2.75, 3.05) is 13.2 Å². The predicted molar refractivity (Wildman–Crippen MR) is 51.0 cm³/mol. The topological polar surface area (TPSA) is 38.3 Å². The summed E-state index contributed by atoms with van der Waals surface area (Å²) in [5.41, 5.74) is 0. The van der Waals surface area contributed by atoms with Crippen molar-refractivity contribution >= 4 is 5.91 Å². The van der Waals surface area contributed by atoms with Gasteiger partial charge in [0.1, 0.15) is 6.54 Å². The average molecular weight is 251 g/mol. The van der Waals surface area contributed by atoms with Crippen LogP contribution < -0.4 is 10.1 Å². The first kappa shape index (κ1) is 13.3. The van der Waals surface area contributed by atoms with Crippen LogP contribution in [-0.4, -0.2) is 25.2 Å². The lowest BCUT2D eigenvalue weighted by Gasteiger charge is -2.09. The van der Waals surface area contributed by atoms with Gasteiger partial charge in [-0.25, -0.2) is 4.39 Å². The molecule has 0 saturated heterocycles. The molecule has 0 aliphatic rings. The van der Waals surface area contributed by atoms with Gasteiger partial charge < -0.3 is 10.1 Å². The highest BCUT2D eigenvalue weighted by molar-refractivity contribution is 5.77. The van der Waals surface area contributed by atoms with Gasteiger partial charge >= 0.3 is 6.18 Å². The molecule has 1 aromatic rings. The molecule has 0 unspecified atom stereocenters. The highest BCUT2D eigenvalue weighted by Crippen LogP contribution is 2.15. The second-order valence-corrected chi connectivity index (χ2v) is 3.11. The van der Waals surface area contributed by atoms with E-state index < -0.39 is 31.1 Å². The van der Waals surface area contributed by atoms with Crippen LogP contribution in [0.1, 0.15) is 0 Å². The van der Waals surface area contributed by atoms with Crippen LogP contribution in [0.4, 0.5) is 17.6 Å². The maximum Gasteiger partial charge on any atom is 0.405 e. The molecule has 0 aromatic heterocycles. The molecule has 94 valence electrons. The minimum atomic E-state index is -4.48. The molecule has 0 aliphatic heterocycles. The van der Waals surface area contributed by atoms with E-state index in [9.17, 15) is 22.4 Å². The minimum Gasteiger partial charge on any atom is -0.481 e. The van der Waals surface area contributed by atoms with E-state index in [1.54, 1.807) is 5.32 Å². The predicted octanol–water partition coefficient (Wildman–Crippen LogP) is 1.88. The van der Waals surface area contributed by atoms with Crippen molar-refractivity contribution in [1.82, 2.24) is 5.32 Å². The maximum absolute atomic E-state index is 13.0. The number of hydrogen-bond acceptors (Lipinski definition) is 2. The van der Waals surface area contributed by atoms with Crippen LogP contribution in [0.2, 0.25) is 0 Å². The molecule has 0 heterocycles. The molecule has 1 aromatic carbocycles. The van der Waals surface area contributed by atoms with Gasteiger partial charge in [-0.3, -0.25) is 4.79 Å². The normalized spacial score (nSPS) is 11.1. The SMILES string of the molecule is O=C(COc1ccccc1F)NCC(F)(F)F. The summed E-state index contributed by atoms with van der Waals surface area (Å²) in [6.07, 6.45) is -4.48. The van der Waals surface area contributed by atoms with Crippen LogP contribution >= 0.6 is 0 Å². The Hall–Kier alpha value is -1.79. The molecule has 1 rings (SSSR count). The summed E-state index contributed by atoms with van der Waals surface area (Å²) >= 11 is 0. The summed E-state index contributed by atoms with van der Waals surface area (Å²) in [6, 6.07) is 5.28. The number of carbonyl (C=O) groups is 1. The van der Waals surface area contributed by atoms with Crippen molar-refractivity contribution in [2.45, 2.75) is 6.18 Å². The quantitative estimate of drug-likeness (QED) is 0.830. The zero-order valence-electron chi connectivity index (χ0n) is 8.55. The Bertz CT molecular complexity index is 392. The fourth-order valence-corrected chi connectivity index (χ4v) is 0.955. The van der Waals surface area contributed by atoms with Crippen molar-refractivity contribution in [3.05, 3.63) is 30.1 Å². The molecule has 0 radical (unpaired) electrons. The number of ether oxygens (including phenoxy) is 1. The van der Waals surface area contributed by atoms with Crippen LogP contribution in [0.5, 0.6) is 5.75 Å². The Morgan fingerprint density at radius 2 is 1.94 bits per heavy atom. The maximum atomic E-state index is 13.0. The van der Waals surface area contributed by atoms with Crippen LogP contribution in [0.3, 0.4) is 0 Å². The number of halogens is 4. The molecular formula is C10H9F4NO2. The van der Waals surface area contributed by atoms with Crippen LogP contribution in [0.25, 0.3) is 0 Å². The number of nitrogens with one attached hydrogen (secondary N) is 1. The molecule has 1 amide bonds. The summed E-state index contributed by atoms with van der Waals surface area (Å²) in [6.45, 7) is -2.11. The second-order valence-electron chi connectivity index (χ2n) is 3.11. The van der Waals surface area contributed by atoms with Crippen molar-refractivity contribution in [3.63, 3.8) is 0 Å². The van der Waals surface area contributed by atoms with Gasteiger partial charge in [-0.15, -0.1) is 0 Å². The zero-order valence-corrected chi connectivity index (χ0v) is 8.55. The number of amides is 1.